The van der Waals surface area contributed by atoms with Gasteiger partial charge < -0.3 is 14.8 Å². The lowest BCUT2D eigenvalue weighted by atomic mass is 9.89. The number of hydrogen-bond acceptors (Lipinski definition) is 4. The van der Waals surface area contributed by atoms with Crippen LogP contribution in [0, 0.1) is 5.82 Å². The Balaban J connectivity index is 1.83. The van der Waals surface area contributed by atoms with Gasteiger partial charge in [0.15, 0.2) is 0 Å². The van der Waals surface area contributed by atoms with Crippen molar-refractivity contribution in [2.45, 2.75) is 38.6 Å². The molecule has 0 radical (unpaired) electrons. The minimum absolute atomic E-state index is 0.269. The van der Waals surface area contributed by atoms with Crippen LogP contribution in [0.1, 0.15) is 42.4 Å². The zero-order chi connectivity index (χ0) is 17.3. The van der Waals surface area contributed by atoms with E-state index in [0.29, 0.717) is 17.7 Å². The molecule has 1 N–H and O–H groups in total. The molecule has 0 bridgehead atoms. The largest absolute Gasteiger partial charge is 0.487 e. The lowest BCUT2D eigenvalue weighted by Gasteiger charge is -2.37. The molecule has 0 aliphatic carbocycles. The second-order valence-electron chi connectivity index (χ2n) is 6.43. The lowest BCUT2D eigenvalue weighted by molar-refractivity contribution is 0.0615. The van der Waals surface area contributed by atoms with E-state index < -0.39 is 5.60 Å². The minimum atomic E-state index is -0.460. The van der Waals surface area contributed by atoms with E-state index in [0.717, 1.165) is 0 Å². The van der Waals surface area contributed by atoms with E-state index in [9.17, 15) is 9.18 Å². The Labute approximate surface area is 139 Å². The van der Waals surface area contributed by atoms with Gasteiger partial charge in [-0.2, -0.15) is 5.10 Å². The second kappa shape index (κ2) is 6.24. The quantitative estimate of drug-likeness (QED) is 0.934. The van der Waals surface area contributed by atoms with Gasteiger partial charge in [0.25, 0.3) is 5.91 Å². The van der Waals surface area contributed by atoms with Crippen LogP contribution in [0.3, 0.4) is 0 Å². The first-order valence-corrected chi connectivity index (χ1v) is 7.70. The zero-order valence-corrected chi connectivity index (χ0v) is 13.9. The summed E-state index contributed by atoms with van der Waals surface area (Å²) in [6.45, 7) is 4.14. The fourth-order valence-corrected chi connectivity index (χ4v) is 2.87. The number of halogens is 1. The number of carbonyl (C=O) groups is 1. The van der Waals surface area contributed by atoms with Crippen molar-refractivity contribution >= 4 is 5.91 Å². The monoisotopic (exact) mass is 333 g/mol. The predicted molar refractivity (Wildman–Crippen MR) is 85.2 cm³/mol. The van der Waals surface area contributed by atoms with Crippen LogP contribution < -0.4 is 10.1 Å². The summed E-state index contributed by atoms with van der Waals surface area (Å²) >= 11 is 0. The fourth-order valence-electron chi connectivity index (χ4n) is 2.87. The van der Waals surface area contributed by atoms with Gasteiger partial charge in [0.05, 0.1) is 6.04 Å². The number of aromatic nitrogens is 2. The summed E-state index contributed by atoms with van der Waals surface area (Å²) in [4.78, 5) is 12.5. The molecule has 7 heteroatoms. The van der Waals surface area contributed by atoms with Crippen LogP contribution in [0.4, 0.5) is 4.39 Å². The molecule has 1 aliphatic heterocycles. The predicted octanol–water partition coefficient (Wildman–Crippen LogP) is 2.66. The van der Waals surface area contributed by atoms with Crippen LogP contribution in [0.2, 0.25) is 0 Å². The molecule has 1 aliphatic rings. The normalized spacial score (nSPS) is 18.6. The molecule has 2 heterocycles. The summed E-state index contributed by atoms with van der Waals surface area (Å²) in [5, 5.41) is 7.08. The number of fused-ring (bicyclic) bond motifs is 1. The molecule has 1 atom stereocenters. The summed E-state index contributed by atoms with van der Waals surface area (Å²) in [5.41, 5.74) is 0.464. The van der Waals surface area contributed by atoms with Crippen LogP contribution in [0.15, 0.2) is 30.5 Å². The average Bonchev–Trinajstić information content (AvgIpc) is 2.96. The van der Waals surface area contributed by atoms with Gasteiger partial charge in [-0.3, -0.25) is 4.79 Å². The Morgan fingerprint density at radius 3 is 3.04 bits per heavy atom. The average molecular weight is 333 g/mol. The van der Waals surface area contributed by atoms with Crippen molar-refractivity contribution in [1.29, 1.82) is 0 Å². The molecule has 1 aromatic heterocycles. The zero-order valence-electron chi connectivity index (χ0n) is 13.9. The number of ether oxygens (including phenoxy) is 2. The number of nitrogens with one attached hydrogen (secondary N) is 1. The van der Waals surface area contributed by atoms with Gasteiger partial charge in [-0.05, 0) is 38.1 Å². The van der Waals surface area contributed by atoms with Gasteiger partial charge in [0, 0.05) is 25.3 Å². The third-order valence-electron chi connectivity index (χ3n) is 3.87. The summed E-state index contributed by atoms with van der Waals surface area (Å²) in [5.74, 6) is -0.0914. The van der Waals surface area contributed by atoms with E-state index in [1.165, 1.54) is 16.8 Å². The Hall–Kier alpha value is -2.41. The van der Waals surface area contributed by atoms with Gasteiger partial charge in [-0.25, -0.2) is 9.07 Å². The van der Waals surface area contributed by atoms with Gasteiger partial charge in [-0.1, -0.05) is 0 Å². The van der Waals surface area contributed by atoms with Crippen molar-refractivity contribution in [3.8, 4) is 5.75 Å². The first-order chi connectivity index (χ1) is 11.4. The van der Waals surface area contributed by atoms with Crippen LogP contribution in [0.5, 0.6) is 5.75 Å². The molecule has 1 amide bonds. The van der Waals surface area contributed by atoms with Crippen LogP contribution in [0.25, 0.3) is 0 Å². The third-order valence-corrected chi connectivity index (χ3v) is 3.87. The summed E-state index contributed by atoms with van der Waals surface area (Å²) in [6, 6.07) is 5.62. The smallest absolute Gasteiger partial charge is 0.272 e. The molecular weight excluding hydrogens is 313 g/mol. The maximum absolute atomic E-state index is 13.6. The highest BCUT2D eigenvalue weighted by atomic mass is 19.1. The minimum Gasteiger partial charge on any atom is -0.487 e. The van der Waals surface area contributed by atoms with E-state index in [1.807, 2.05) is 13.8 Å². The number of amides is 1. The van der Waals surface area contributed by atoms with E-state index >= 15 is 0 Å². The Morgan fingerprint density at radius 1 is 1.50 bits per heavy atom. The summed E-state index contributed by atoms with van der Waals surface area (Å²) in [7, 11) is 1.55. The highest BCUT2D eigenvalue weighted by Crippen LogP contribution is 2.39. The van der Waals surface area contributed by atoms with Crippen molar-refractivity contribution in [3.05, 3.63) is 47.5 Å². The van der Waals surface area contributed by atoms with Crippen molar-refractivity contribution in [1.82, 2.24) is 15.1 Å². The summed E-state index contributed by atoms with van der Waals surface area (Å²) < 4.78 is 26.0. The highest BCUT2D eigenvalue weighted by Gasteiger charge is 2.35. The van der Waals surface area contributed by atoms with Crippen LogP contribution in [-0.4, -0.2) is 28.4 Å². The van der Waals surface area contributed by atoms with Gasteiger partial charge in [0.2, 0.25) is 0 Å². The molecule has 0 saturated heterocycles. The van der Waals surface area contributed by atoms with Crippen LogP contribution >= 0.6 is 0 Å². The topological polar surface area (TPSA) is 65.4 Å². The van der Waals surface area contributed by atoms with Crippen molar-refractivity contribution in [3.63, 3.8) is 0 Å². The standard InChI is InChI=1S/C17H20FN3O3/c1-17(2)9-14(12-8-11(18)4-5-15(12)24-17)19-16(22)13-6-7-21(20-13)10-23-3/h4-8,14H,9-10H2,1-3H3,(H,19,22). The number of carbonyl (C=O) groups excluding carboxylic acids is 1. The molecule has 3 rings (SSSR count). The molecule has 1 unspecified atom stereocenters. The Kier molecular flexibility index (Phi) is 4.28. The van der Waals surface area contributed by atoms with E-state index in [2.05, 4.69) is 10.4 Å². The molecule has 2 aromatic rings. The van der Waals surface area contributed by atoms with E-state index in [4.69, 9.17) is 9.47 Å². The molecule has 24 heavy (non-hydrogen) atoms. The first-order valence-electron chi connectivity index (χ1n) is 7.70. The van der Waals surface area contributed by atoms with Gasteiger partial charge >= 0.3 is 0 Å². The molecular formula is C17H20FN3O3. The fraction of sp³-hybridized carbons (Fsp3) is 0.412. The number of benzene rings is 1. The van der Waals surface area contributed by atoms with E-state index in [-0.39, 0.29) is 30.2 Å². The SMILES string of the molecule is COCn1ccc(C(=O)NC2CC(C)(C)Oc3ccc(F)cc32)n1. The number of rotatable bonds is 4. The molecule has 0 spiro atoms. The van der Waals surface area contributed by atoms with Gasteiger partial charge in [0.1, 0.15) is 29.6 Å². The molecule has 128 valence electrons. The van der Waals surface area contributed by atoms with Crippen molar-refractivity contribution in [2.24, 2.45) is 0 Å². The molecule has 6 nitrogen and oxygen atoms in total. The van der Waals surface area contributed by atoms with E-state index in [1.54, 1.807) is 25.4 Å². The maximum atomic E-state index is 13.6. The van der Waals surface area contributed by atoms with Crippen LogP contribution in [-0.2, 0) is 11.5 Å². The Bertz CT molecular complexity index is 757. The first kappa shape index (κ1) is 16.4. The number of methoxy groups -OCH3 is 1. The number of nitrogens with zero attached hydrogens (tertiary/aromatic N) is 2. The van der Waals surface area contributed by atoms with Crippen molar-refractivity contribution in [2.75, 3.05) is 7.11 Å². The highest BCUT2D eigenvalue weighted by molar-refractivity contribution is 5.92. The lowest BCUT2D eigenvalue weighted by Crippen LogP contribution is -2.41. The second-order valence-corrected chi connectivity index (χ2v) is 6.43. The molecule has 0 fully saturated rings. The van der Waals surface area contributed by atoms with Gasteiger partial charge in [-0.15, -0.1) is 0 Å². The Morgan fingerprint density at radius 2 is 2.29 bits per heavy atom. The molecule has 1 aromatic carbocycles. The maximum Gasteiger partial charge on any atom is 0.272 e. The van der Waals surface area contributed by atoms with Crippen molar-refractivity contribution < 1.29 is 18.7 Å². The summed E-state index contributed by atoms with van der Waals surface area (Å²) in [6.07, 6.45) is 2.20. The molecule has 0 saturated carbocycles. The number of hydrogen-bond donors (Lipinski definition) is 1. The third kappa shape index (κ3) is 3.41.